The first-order valence-electron chi connectivity index (χ1n) is 10.9. The Morgan fingerprint density at radius 1 is 1.26 bits per heavy atom. The van der Waals surface area contributed by atoms with Crippen molar-refractivity contribution in [1.82, 2.24) is 20.3 Å². The Balaban J connectivity index is 1.39. The number of halogens is 3. The molecule has 0 spiro atoms. The first kappa shape index (κ1) is 24.4. The van der Waals surface area contributed by atoms with Crippen LogP contribution in [0.2, 0.25) is 0 Å². The number of nitrogens with two attached hydrogens (primary N) is 1. The highest BCUT2D eigenvalue weighted by Crippen LogP contribution is 2.23. The zero-order valence-electron chi connectivity index (χ0n) is 18.5. The van der Waals surface area contributed by atoms with Gasteiger partial charge in [0.2, 0.25) is 5.89 Å². The van der Waals surface area contributed by atoms with Gasteiger partial charge in [-0.05, 0) is 30.9 Å². The molecule has 4 N–H and O–H groups in total. The number of amides is 2. The van der Waals surface area contributed by atoms with E-state index < -0.39 is 30.6 Å². The molecule has 1 fully saturated rings. The van der Waals surface area contributed by atoms with E-state index in [1.165, 1.54) is 18.3 Å². The van der Waals surface area contributed by atoms with Gasteiger partial charge in [0.15, 0.2) is 5.69 Å². The maximum atomic E-state index is 12.8. The van der Waals surface area contributed by atoms with Crippen molar-refractivity contribution in [2.75, 3.05) is 38.2 Å². The molecule has 11 nitrogen and oxygen atoms in total. The van der Waals surface area contributed by atoms with E-state index in [4.69, 9.17) is 14.9 Å². The molecule has 35 heavy (non-hydrogen) atoms. The molecular weight excluding hydrogens is 471 g/mol. The van der Waals surface area contributed by atoms with Crippen LogP contribution in [0.3, 0.4) is 0 Å². The number of oxazole rings is 1. The number of nitrogens with one attached hydrogen (secondary N) is 2. The van der Waals surface area contributed by atoms with E-state index in [1.807, 2.05) is 0 Å². The van der Waals surface area contributed by atoms with Gasteiger partial charge in [-0.3, -0.25) is 14.6 Å². The number of primary amides is 1. The van der Waals surface area contributed by atoms with Crippen molar-refractivity contribution in [3.05, 3.63) is 30.3 Å². The van der Waals surface area contributed by atoms with Gasteiger partial charge in [-0.1, -0.05) is 0 Å². The topological polar surface area (TPSA) is 148 Å². The summed E-state index contributed by atoms with van der Waals surface area (Å²) in [5.41, 5.74) is 5.75. The number of carbonyl (C=O) groups is 2. The number of alkyl halides is 3. The third-order valence-electron chi connectivity index (χ3n) is 5.55. The largest absolute Gasteiger partial charge is 0.444 e. The molecule has 14 heteroatoms. The second-order valence-electron chi connectivity index (χ2n) is 8.24. The zero-order chi connectivity index (χ0) is 25.0. The third kappa shape index (κ3) is 6.47. The lowest BCUT2D eigenvalue weighted by atomic mass is 10.0. The van der Waals surface area contributed by atoms with Gasteiger partial charge < -0.3 is 25.5 Å². The predicted octanol–water partition coefficient (Wildman–Crippen LogP) is 1.39. The van der Waals surface area contributed by atoms with E-state index in [-0.39, 0.29) is 29.7 Å². The Morgan fingerprint density at radius 3 is 2.74 bits per heavy atom. The molecule has 0 bridgehead atoms. The number of anilines is 1. The summed E-state index contributed by atoms with van der Waals surface area (Å²) >= 11 is 0. The van der Waals surface area contributed by atoms with E-state index in [0.29, 0.717) is 31.2 Å². The van der Waals surface area contributed by atoms with Crippen LogP contribution in [0, 0.1) is 5.92 Å². The number of hydrogen-bond acceptors (Lipinski definition) is 9. The van der Waals surface area contributed by atoms with Gasteiger partial charge in [-0.2, -0.15) is 18.3 Å². The molecule has 1 atom stereocenters. The Hall–Kier alpha value is -3.68. The van der Waals surface area contributed by atoms with Gasteiger partial charge in [-0.15, -0.1) is 0 Å². The molecule has 0 aromatic carbocycles. The molecule has 2 amide bonds. The average molecular weight is 495 g/mol. The summed E-state index contributed by atoms with van der Waals surface area (Å²) in [4.78, 5) is 32.6. The van der Waals surface area contributed by atoms with Crippen LogP contribution in [0.25, 0.3) is 11.5 Å². The summed E-state index contributed by atoms with van der Waals surface area (Å²) in [6.45, 7) is 1.01. The number of pyridine rings is 1. The van der Waals surface area contributed by atoms with Crippen molar-refractivity contribution in [1.29, 1.82) is 0 Å². The SMILES string of the molecule is NC(=O)C1=NN(CC2CCOCC2)CC1NC(=O)c1coc(-c2ccnc(NCC(F)(F)F)c2)n1. The maximum absolute atomic E-state index is 12.8. The molecule has 2 aliphatic heterocycles. The second-order valence-corrected chi connectivity index (χ2v) is 8.24. The number of hydrogen-bond donors (Lipinski definition) is 3. The van der Waals surface area contributed by atoms with Gasteiger partial charge in [0.1, 0.15) is 24.3 Å². The number of aromatic nitrogens is 2. The molecule has 2 aliphatic rings. The molecular formula is C21H24F3N7O4. The monoisotopic (exact) mass is 495 g/mol. The highest BCUT2D eigenvalue weighted by molar-refractivity contribution is 6.41. The average Bonchev–Trinajstić information content (AvgIpc) is 3.46. The van der Waals surface area contributed by atoms with Crippen molar-refractivity contribution in [2.24, 2.45) is 16.8 Å². The molecule has 1 unspecified atom stereocenters. The summed E-state index contributed by atoms with van der Waals surface area (Å²) in [6, 6.07) is 2.08. The van der Waals surface area contributed by atoms with Gasteiger partial charge in [0.25, 0.3) is 11.8 Å². The lowest BCUT2D eigenvalue weighted by Crippen LogP contribution is -2.47. The van der Waals surface area contributed by atoms with Crippen molar-refractivity contribution in [3.63, 3.8) is 0 Å². The molecule has 1 saturated heterocycles. The van der Waals surface area contributed by atoms with Crippen LogP contribution in [0.4, 0.5) is 19.0 Å². The standard InChI is InChI=1S/C21H24F3N7O4/c22-21(23,24)11-27-16-7-13(1-4-26-16)20-29-15(10-35-20)19(33)28-14-9-31(30-17(14)18(25)32)8-12-2-5-34-6-3-12/h1,4,7,10,12,14H,2-3,5-6,8-9,11H2,(H2,25,32)(H,26,27)(H,28,33). The fraction of sp³-hybridized carbons (Fsp3) is 0.476. The van der Waals surface area contributed by atoms with Crippen LogP contribution >= 0.6 is 0 Å². The summed E-state index contributed by atoms with van der Waals surface area (Å²) in [7, 11) is 0. The highest BCUT2D eigenvalue weighted by atomic mass is 19.4. The van der Waals surface area contributed by atoms with Gasteiger partial charge >= 0.3 is 6.18 Å². The van der Waals surface area contributed by atoms with E-state index in [2.05, 4.69) is 25.7 Å². The van der Waals surface area contributed by atoms with Crippen molar-refractivity contribution >= 4 is 23.3 Å². The third-order valence-corrected chi connectivity index (χ3v) is 5.55. The van der Waals surface area contributed by atoms with E-state index in [1.54, 1.807) is 5.01 Å². The van der Waals surface area contributed by atoms with Crippen molar-refractivity contribution in [3.8, 4) is 11.5 Å². The minimum absolute atomic E-state index is 0.0176. The Kier molecular flexibility index (Phi) is 7.19. The summed E-state index contributed by atoms with van der Waals surface area (Å²) in [5, 5.41) is 10.9. The number of carbonyl (C=O) groups excluding carboxylic acids is 2. The number of rotatable bonds is 8. The summed E-state index contributed by atoms with van der Waals surface area (Å²) in [6.07, 6.45) is -0.222. The summed E-state index contributed by atoms with van der Waals surface area (Å²) < 4.78 is 48.0. The smallest absolute Gasteiger partial charge is 0.405 e. The molecule has 0 radical (unpaired) electrons. The number of hydrazone groups is 1. The molecule has 0 saturated carbocycles. The first-order chi connectivity index (χ1) is 16.7. The normalized spacial score (nSPS) is 18.9. The fourth-order valence-corrected chi connectivity index (χ4v) is 3.83. The molecule has 0 aliphatic carbocycles. The lowest BCUT2D eigenvalue weighted by molar-refractivity contribution is -0.115. The van der Waals surface area contributed by atoms with Crippen LogP contribution in [0.1, 0.15) is 23.3 Å². The minimum atomic E-state index is -4.40. The Bertz CT molecular complexity index is 1100. The van der Waals surface area contributed by atoms with Crippen LogP contribution in [0.5, 0.6) is 0 Å². The highest BCUT2D eigenvalue weighted by Gasteiger charge is 2.33. The quantitative estimate of drug-likeness (QED) is 0.498. The molecule has 4 rings (SSSR count). The van der Waals surface area contributed by atoms with Gasteiger partial charge in [0.05, 0.1) is 12.6 Å². The van der Waals surface area contributed by atoms with Crippen LogP contribution in [-0.4, -0.2) is 77.6 Å². The fourth-order valence-electron chi connectivity index (χ4n) is 3.83. The Morgan fingerprint density at radius 2 is 2.03 bits per heavy atom. The lowest BCUT2D eigenvalue weighted by Gasteiger charge is -2.26. The molecule has 188 valence electrons. The number of nitrogens with zero attached hydrogens (tertiary/aromatic N) is 4. The Labute approximate surface area is 197 Å². The van der Waals surface area contributed by atoms with E-state index in [9.17, 15) is 22.8 Å². The zero-order valence-corrected chi connectivity index (χ0v) is 18.5. The van der Waals surface area contributed by atoms with Crippen LogP contribution in [-0.2, 0) is 9.53 Å². The van der Waals surface area contributed by atoms with Gasteiger partial charge in [0, 0.05) is 31.5 Å². The predicted molar refractivity (Wildman–Crippen MR) is 117 cm³/mol. The summed E-state index contributed by atoms with van der Waals surface area (Å²) in [5.74, 6) is -0.992. The molecule has 2 aromatic rings. The minimum Gasteiger partial charge on any atom is -0.444 e. The van der Waals surface area contributed by atoms with Crippen LogP contribution in [0.15, 0.2) is 34.1 Å². The maximum Gasteiger partial charge on any atom is 0.405 e. The van der Waals surface area contributed by atoms with Crippen LogP contribution < -0.4 is 16.4 Å². The molecule has 4 heterocycles. The second kappa shape index (κ2) is 10.3. The number of ether oxygens (including phenoxy) is 1. The first-order valence-corrected chi connectivity index (χ1v) is 10.9. The van der Waals surface area contributed by atoms with Crippen molar-refractivity contribution in [2.45, 2.75) is 25.1 Å². The van der Waals surface area contributed by atoms with E-state index >= 15 is 0 Å². The van der Waals surface area contributed by atoms with Crippen molar-refractivity contribution < 1.29 is 31.9 Å². The molecule has 2 aromatic heterocycles. The van der Waals surface area contributed by atoms with Gasteiger partial charge in [-0.25, -0.2) is 9.97 Å². The van der Waals surface area contributed by atoms with E-state index in [0.717, 1.165) is 19.1 Å².